The zero-order valence-corrected chi connectivity index (χ0v) is 20.4. The van der Waals surface area contributed by atoms with E-state index >= 15 is 0 Å². The highest BCUT2D eigenvalue weighted by Crippen LogP contribution is 2.33. The highest BCUT2D eigenvalue weighted by molar-refractivity contribution is 5.93. The van der Waals surface area contributed by atoms with Crippen LogP contribution in [0.1, 0.15) is 44.4 Å². The molecule has 0 radical (unpaired) electrons. The molecule has 0 spiro atoms. The molecule has 0 saturated carbocycles. The lowest BCUT2D eigenvalue weighted by Crippen LogP contribution is -2.21. The standard InChI is InChI=1S/C29H28N4O2/c1-20-7-5-6-8-25(20)26-15-23(13-14-24(26)16-30)28(27-17-31-19-33(27)4)35-18-21-9-11-22(12-10-21)29(34)32(2)3/h5-15,17,19,28H,18H2,1-4H3. The Morgan fingerprint density at radius 2 is 1.83 bits per heavy atom. The molecule has 1 aromatic heterocycles. The van der Waals surface area contributed by atoms with Gasteiger partial charge in [0.2, 0.25) is 0 Å². The maximum atomic E-state index is 12.2. The topological polar surface area (TPSA) is 71.2 Å². The Morgan fingerprint density at radius 1 is 1.09 bits per heavy atom. The Hall–Kier alpha value is -4.21. The lowest BCUT2D eigenvalue weighted by molar-refractivity contribution is 0.0622. The Bertz CT molecular complexity index is 1380. The Kier molecular flexibility index (Phi) is 7.09. The van der Waals surface area contributed by atoms with E-state index in [1.165, 1.54) is 0 Å². The number of carbonyl (C=O) groups is 1. The van der Waals surface area contributed by atoms with Gasteiger partial charge in [0, 0.05) is 32.3 Å². The van der Waals surface area contributed by atoms with E-state index in [9.17, 15) is 10.1 Å². The second-order valence-electron chi connectivity index (χ2n) is 8.75. The maximum Gasteiger partial charge on any atom is 0.253 e. The van der Waals surface area contributed by atoms with E-state index in [1.807, 2.05) is 85.3 Å². The van der Waals surface area contributed by atoms with Crippen LogP contribution in [0.2, 0.25) is 0 Å². The second-order valence-corrected chi connectivity index (χ2v) is 8.75. The summed E-state index contributed by atoms with van der Waals surface area (Å²) in [5.41, 5.74) is 7.06. The first-order valence-electron chi connectivity index (χ1n) is 11.4. The van der Waals surface area contributed by atoms with E-state index in [2.05, 4.69) is 11.1 Å². The number of carbonyl (C=O) groups excluding carboxylic acids is 1. The van der Waals surface area contributed by atoms with E-state index in [-0.39, 0.29) is 12.0 Å². The van der Waals surface area contributed by atoms with Crippen LogP contribution in [0.3, 0.4) is 0 Å². The number of benzene rings is 3. The average Bonchev–Trinajstić information content (AvgIpc) is 3.29. The lowest BCUT2D eigenvalue weighted by Gasteiger charge is -2.21. The number of aromatic nitrogens is 2. The lowest BCUT2D eigenvalue weighted by atomic mass is 9.93. The van der Waals surface area contributed by atoms with Crippen molar-refractivity contribution in [2.24, 2.45) is 7.05 Å². The van der Waals surface area contributed by atoms with Gasteiger partial charge >= 0.3 is 0 Å². The van der Waals surface area contributed by atoms with Crippen LogP contribution in [0.25, 0.3) is 11.1 Å². The van der Waals surface area contributed by atoms with Crippen molar-refractivity contribution in [2.75, 3.05) is 14.1 Å². The van der Waals surface area contributed by atoms with Gasteiger partial charge in [-0.2, -0.15) is 5.26 Å². The molecular formula is C29H28N4O2. The molecule has 1 atom stereocenters. The number of hydrogen-bond acceptors (Lipinski definition) is 4. The third-order valence-corrected chi connectivity index (χ3v) is 6.05. The fourth-order valence-corrected chi connectivity index (χ4v) is 4.07. The van der Waals surface area contributed by atoms with Gasteiger partial charge < -0.3 is 14.2 Å². The smallest absolute Gasteiger partial charge is 0.253 e. The van der Waals surface area contributed by atoms with Crippen LogP contribution >= 0.6 is 0 Å². The minimum Gasteiger partial charge on any atom is -0.363 e. The summed E-state index contributed by atoms with van der Waals surface area (Å²) in [6.07, 6.45) is 3.16. The molecule has 3 aromatic carbocycles. The monoisotopic (exact) mass is 464 g/mol. The molecule has 0 bridgehead atoms. The van der Waals surface area contributed by atoms with Crippen molar-refractivity contribution in [3.63, 3.8) is 0 Å². The van der Waals surface area contributed by atoms with Gasteiger partial charge in [-0.25, -0.2) is 4.98 Å². The fraction of sp³-hybridized carbons (Fsp3) is 0.207. The van der Waals surface area contributed by atoms with Gasteiger partial charge in [-0.05, 0) is 53.4 Å². The summed E-state index contributed by atoms with van der Waals surface area (Å²) in [5.74, 6) is -0.0356. The Labute approximate surface area is 206 Å². The van der Waals surface area contributed by atoms with Crippen LogP contribution in [0.15, 0.2) is 79.3 Å². The van der Waals surface area contributed by atoms with Crippen molar-refractivity contribution >= 4 is 5.91 Å². The van der Waals surface area contributed by atoms with Crippen molar-refractivity contribution in [1.82, 2.24) is 14.5 Å². The number of rotatable bonds is 7. The summed E-state index contributed by atoms with van der Waals surface area (Å²) in [4.78, 5) is 18.0. The molecule has 0 aliphatic rings. The minimum absolute atomic E-state index is 0.0356. The quantitative estimate of drug-likeness (QED) is 0.373. The van der Waals surface area contributed by atoms with Gasteiger partial charge in [0.1, 0.15) is 6.10 Å². The minimum atomic E-state index is -0.388. The van der Waals surface area contributed by atoms with Gasteiger partial charge in [-0.1, -0.05) is 42.5 Å². The molecule has 0 fully saturated rings. The molecule has 6 heteroatoms. The number of ether oxygens (including phenoxy) is 1. The number of aryl methyl sites for hydroxylation is 2. The van der Waals surface area contributed by atoms with Crippen molar-refractivity contribution in [3.8, 4) is 17.2 Å². The normalized spacial score (nSPS) is 11.6. The van der Waals surface area contributed by atoms with Crippen LogP contribution in [-0.2, 0) is 18.4 Å². The van der Waals surface area contributed by atoms with Crippen LogP contribution in [0.5, 0.6) is 0 Å². The number of nitrogens with zero attached hydrogens (tertiary/aromatic N) is 4. The number of hydrogen-bond donors (Lipinski definition) is 0. The highest BCUT2D eigenvalue weighted by Gasteiger charge is 2.21. The molecule has 0 saturated heterocycles. The van der Waals surface area contributed by atoms with Gasteiger partial charge in [0.05, 0.1) is 36.5 Å². The predicted octanol–water partition coefficient (Wildman–Crippen LogP) is 5.28. The van der Waals surface area contributed by atoms with E-state index in [1.54, 1.807) is 31.5 Å². The summed E-state index contributed by atoms with van der Waals surface area (Å²) < 4.78 is 8.38. The SMILES string of the molecule is Cc1ccccc1-c1cc(C(OCc2ccc(C(=O)N(C)C)cc2)c2cncn2C)ccc1C#N. The van der Waals surface area contributed by atoms with Crippen molar-refractivity contribution in [3.05, 3.63) is 113 Å². The first-order chi connectivity index (χ1) is 16.9. The first kappa shape index (κ1) is 23.9. The van der Waals surface area contributed by atoms with E-state index < -0.39 is 0 Å². The largest absolute Gasteiger partial charge is 0.363 e. The zero-order chi connectivity index (χ0) is 24.9. The summed E-state index contributed by atoms with van der Waals surface area (Å²) in [6.45, 7) is 2.40. The number of nitriles is 1. The molecular weight excluding hydrogens is 436 g/mol. The molecule has 1 unspecified atom stereocenters. The molecule has 1 amide bonds. The Morgan fingerprint density at radius 3 is 2.46 bits per heavy atom. The van der Waals surface area contributed by atoms with Gasteiger partial charge in [0.25, 0.3) is 5.91 Å². The zero-order valence-electron chi connectivity index (χ0n) is 20.4. The van der Waals surface area contributed by atoms with E-state index in [0.29, 0.717) is 17.7 Å². The molecule has 4 rings (SSSR count). The average molecular weight is 465 g/mol. The molecule has 0 N–H and O–H groups in total. The van der Waals surface area contributed by atoms with Gasteiger partial charge in [-0.15, -0.1) is 0 Å². The van der Waals surface area contributed by atoms with E-state index in [0.717, 1.165) is 33.5 Å². The molecule has 6 nitrogen and oxygen atoms in total. The molecule has 4 aromatic rings. The Balaban J connectivity index is 1.68. The highest BCUT2D eigenvalue weighted by atomic mass is 16.5. The molecule has 176 valence electrons. The fourth-order valence-electron chi connectivity index (χ4n) is 4.07. The first-order valence-corrected chi connectivity index (χ1v) is 11.4. The summed E-state index contributed by atoms with van der Waals surface area (Å²) in [7, 11) is 5.41. The van der Waals surface area contributed by atoms with Crippen LogP contribution in [0, 0.1) is 18.3 Å². The molecule has 0 aliphatic heterocycles. The van der Waals surface area contributed by atoms with Gasteiger partial charge in [-0.3, -0.25) is 4.79 Å². The van der Waals surface area contributed by atoms with E-state index in [4.69, 9.17) is 4.74 Å². The van der Waals surface area contributed by atoms with Crippen LogP contribution < -0.4 is 0 Å². The van der Waals surface area contributed by atoms with Crippen molar-refractivity contribution in [1.29, 1.82) is 5.26 Å². The number of imidazole rings is 1. The third kappa shape index (κ3) is 5.16. The summed E-state index contributed by atoms with van der Waals surface area (Å²) in [5, 5.41) is 9.75. The third-order valence-electron chi connectivity index (χ3n) is 6.05. The second kappa shape index (κ2) is 10.4. The molecule has 35 heavy (non-hydrogen) atoms. The van der Waals surface area contributed by atoms with Crippen molar-refractivity contribution in [2.45, 2.75) is 19.6 Å². The molecule has 1 heterocycles. The summed E-state index contributed by atoms with van der Waals surface area (Å²) in [6, 6.07) is 23.7. The number of amides is 1. The summed E-state index contributed by atoms with van der Waals surface area (Å²) >= 11 is 0. The van der Waals surface area contributed by atoms with Crippen LogP contribution in [-0.4, -0.2) is 34.5 Å². The maximum absolute atomic E-state index is 12.2. The predicted molar refractivity (Wildman–Crippen MR) is 136 cm³/mol. The van der Waals surface area contributed by atoms with Gasteiger partial charge in [0.15, 0.2) is 0 Å². The molecule has 0 aliphatic carbocycles. The van der Waals surface area contributed by atoms with Crippen LogP contribution in [0.4, 0.5) is 0 Å². The van der Waals surface area contributed by atoms with Crippen molar-refractivity contribution < 1.29 is 9.53 Å².